The van der Waals surface area contributed by atoms with E-state index >= 15 is 0 Å². The number of carbonyl (C=O) groups excluding carboxylic acids is 1. The lowest BCUT2D eigenvalue weighted by Gasteiger charge is -2.22. The molecule has 39 heavy (non-hydrogen) atoms. The summed E-state index contributed by atoms with van der Waals surface area (Å²) in [5, 5.41) is 2.67. The second kappa shape index (κ2) is 11.2. The third-order valence-corrected chi connectivity index (χ3v) is 7.98. The van der Waals surface area contributed by atoms with E-state index in [0.717, 1.165) is 10.6 Å². The molecule has 0 bridgehead atoms. The van der Waals surface area contributed by atoms with Crippen LogP contribution in [0, 0.1) is 12.7 Å². The van der Waals surface area contributed by atoms with Crippen molar-refractivity contribution in [2.24, 2.45) is 0 Å². The number of aryl methyl sites for hydroxylation is 1. The van der Waals surface area contributed by atoms with Gasteiger partial charge in [-0.25, -0.2) is 35.9 Å². The Hall–Kier alpha value is -4.36. The van der Waals surface area contributed by atoms with E-state index in [4.69, 9.17) is 0 Å². The number of nitrogens with zero attached hydrogens (tertiary/aromatic N) is 3. The summed E-state index contributed by atoms with van der Waals surface area (Å²) in [6.07, 6.45) is 2.50. The molecule has 3 aromatic carbocycles. The third-order valence-electron chi connectivity index (χ3n) is 5.50. The molecule has 0 aliphatic rings. The van der Waals surface area contributed by atoms with E-state index < -0.39 is 31.8 Å². The SMILES string of the molecule is Cc1ccnc(NS(=O)(=O)c2ccc(NC(=O)c3ccc(N(Cc4ccc(F)cc4)S(C)(=O)=O)cc3)cc2)n1. The Balaban J connectivity index is 1.44. The second-order valence-electron chi connectivity index (χ2n) is 8.55. The van der Waals surface area contributed by atoms with Crippen LogP contribution in [0.4, 0.5) is 21.7 Å². The van der Waals surface area contributed by atoms with Gasteiger partial charge >= 0.3 is 0 Å². The fourth-order valence-electron chi connectivity index (χ4n) is 3.53. The molecule has 13 heteroatoms. The molecule has 0 radical (unpaired) electrons. The van der Waals surface area contributed by atoms with Crippen molar-refractivity contribution in [2.75, 3.05) is 20.6 Å². The first-order valence-electron chi connectivity index (χ1n) is 11.5. The number of halogens is 1. The van der Waals surface area contributed by atoms with Gasteiger partial charge in [0.15, 0.2) is 0 Å². The number of aromatic nitrogens is 2. The zero-order valence-corrected chi connectivity index (χ0v) is 22.5. The molecule has 4 rings (SSSR count). The summed E-state index contributed by atoms with van der Waals surface area (Å²) in [5.41, 5.74) is 2.13. The Morgan fingerprint density at radius 2 is 1.54 bits per heavy atom. The monoisotopic (exact) mass is 569 g/mol. The summed E-state index contributed by atoms with van der Waals surface area (Å²) in [6, 6.07) is 18.6. The molecule has 10 nitrogen and oxygen atoms in total. The van der Waals surface area contributed by atoms with Crippen LogP contribution in [-0.4, -0.2) is 39.0 Å². The van der Waals surface area contributed by atoms with Gasteiger partial charge in [0.25, 0.3) is 15.9 Å². The summed E-state index contributed by atoms with van der Waals surface area (Å²) in [5.74, 6) is -0.958. The fourth-order valence-corrected chi connectivity index (χ4v) is 5.37. The fraction of sp³-hybridized carbons (Fsp3) is 0.115. The standard InChI is InChI=1S/C26H24FN5O5S2/c1-18-15-16-28-26(29-18)31-39(36,37)24-13-9-22(10-14-24)30-25(33)20-5-11-23(12-6-20)32(38(2,34)35)17-19-3-7-21(27)8-4-19/h3-16H,17H2,1-2H3,(H,30,33)(H,28,29,31). The van der Waals surface area contributed by atoms with Crippen molar-refractivity contribution in [1.82, 2.24) is 9.97 Å². The van der Waals surface area contributed by atoms with E-state index in [2.05, 4.69) is 20.0 Å². The van der Waals surface area contributed by atoms with Crippen LogP contribution < -0.4 is 14.3 Å². The Morgan fingerprint density at radius 1 is 0.897 bits per heavy atom. The van der Waals surface area contributed by atoms with Crippen LogP contribution in [-0.2, 0) is 26.6 Å². The first-order valence-corrected chi connectivity index (χ1v) is 14.8. The predicted molar refractivity (Wildman–Crippen MR) is 146 cm³/mol. The van der Waals surface area contributed by atoms with Crippen molar-refractivity contribution < 1.29 is 26.0 Å². The van der Waals surface area contributed by atoms with Gasteiger partial charge in [0.05, 0.1) is 23.4 Å². The molecule has 1 aromatic heterocycles. The van der Waals surface area contributed by atoms with Crippen molar-refractivity contribution in [3.05, 3.63) is 108 Å². The van der Waals surface area contributed by atoms with Crippen molar-refractivity contribution >= 4 is 43.3 Å². The summed E-state index contributed by atoms with van der Waals surface area (Å²) >= 11 is 0. The molecular formula is C26H24FN5O5S2. The number of benzene rings is 3. The van der Waals surface area contributed by atoms with Gasteiger partial charge in [-0.05, 0) is 79.2 Å². The number of hydrogen-bond acceptors (Lipinski definition) is 7. The summed E-state index contributed by atoms with van der Waals surface area (Å²) in [7, 11) is -7.61. The van der Waals surface area contributed by atoms with Crippen LogP contribution in [0.3, 0.4) is 0 Å². The Kier molecular flexibility index (Phi) is 7.93. The van der Waals surface area contributed by atoms with Crippen LogP contribution in [0.25, 0.3) is 0 Å². The molecule has 4 aromatic rings. The number of hydrogen-bond donors (Lipinski definition) is 2. The Morgan fingerprint density at radius 3 is 2.13 bits per heavy atom. The van der Waals surface area contributed by atoms with Crippen molar-refractivity contribution in [2.45, 2.75) is 18.4 Å². The average molecular weight is 570 g/mol. The zero-order chi connectivity index (χ0) is 28.2. The number of amides is 1. The van der Waals surface area contributed by atoms with Gasteiger partial charge in [-0.15, -0.1) is 0 Å². The van der Waals surface area contributed by atoms with Crippen molar-refractivity contribution in [3.8, 4) is 0 Å². The van der Waals surface area contributed by atoms with Crippen LogP contribution in [0.1, 0.15) is 21.6 Å². The molecule has 0 spiro atoms. The molecule has 0 saturated heterocycles. The minimum absolute atomic E-state index is 0.00915. The Labute approximate surface area is 225 Å². The van der Waals surface area contributed by atoms with E-state index in [-0.39, 0.29) is 23.0 Å². The van der Waals surface area contributed by atoms with Gasteiger partial charge in [0.1, 0.15) is 5.82 Å². The predicted octanol–water partition coefficient (Wildman–Crippen LogP) is 3.94. The maximum absolute atomic E-state index is 13.2. The molecule has 1 heterocycles. The third kappa shape index (κ3) is 7.15. The molecule has 1 amide bonds. The highest BCUT2D eigenvalue weighted by Gasteiger charge is 2.19. The van der Waals surface area contributed by atoms with Gasteiger partial charge in [0, 0.05) is 23.1 Å². The first-order chi connectivity index (χ1) is 18.4. The summed E-state index contributed by atoms with van der Waals surface area (Å²) in [4.78, 5) is 20.6. The van der Waals surface area contributed by atoms with Crippen LogP contribution in [0.5, 0.6) is 0 Å². The average Bonchev–Trinajstić information content (AvgIpc) is 2.88. The van der Waals surface area contributed by atoms with E-state index in [0.29, 0.717) is 22.6 Å². The molecular weight excluding hydrogens is 545 g/mol. The van der Waals surface area contributed by atoms with Gasteiger partial charge in [-0.1, -0.05) is 12.1 Å². The summed E-state index contributed by atoms with van der Waals surface area (Å²) in [6.45, 7) is 1.70. The van der Waals surface area contributed by atoms with Crippen LogP contribution in [0.2, 0.25) is 0 Å². The van der Waals surface area contributed by atoms with E-state index in [1.165, 1.54) is 79.0 Å². The number of rotatable bonds is 9. The van der Waals surface area contributed by atoms with Gasteiger partial charge in [-0.3, -0.25) is 9.10 Å². The summed E-state index contributed by atoms with van der Waals surface area (Å²) < 4.78 is 66.7. The van der Waals surface area contributed by atoms with Crippen LogP contribution >= 0.6 is 0 Å². The highest BCUT2D eigenvalue weighted by atomic mass is 32.2. The smallest absolute Gasteiger partial charge is 0.264 e. The molecule has 0 aliphatic heterocycles. The topological polar surface area (TPSA) is 138 Å². The second-order valence-corrected chi connectivity index (χ2v) is 12.1. The van der Waals surface area contributed by atoms with E-state index in [9.17, 15) is 26.0 Å². The lowest BCUT2D eigenvalue weighted by molar-refractivity contribution is 0.102. The van der Waals surface area contributed by atoms with Crippen LogP contribution in [0.15, 0.2) is 90.0 Å². The minimum atomic E-state index is -3.94. The lowest BCUT2D eigenvalue weighted by Crippen LogP contribution is -2.29. The zero-order valence-electron chi connectivity index (χ0n) is 20.9. The van der Waals surface area contributed by atoms with Gasteiger partial charge in [-0.2, -0.15) is 0 Å². The normalized spacial score (nSPS) is 11.6. The van der Waals surface area contributed by atoms with Crippen molar-refractivity contribution in [1.29, 1.82) is 0 Å². The molecule has 0 atom stereocenters. The molecule has 2 N–H and O–H groups in total. The first kappa shape index (κ1) is 27.7. The number of sulfonamides is 2. The van der Waals surface area contributed by atoms with Crippen molar-refractivity contribution in [3.63, 3.8) is 0 Å². The highest BCUT2D eigenvalue weighted by Crippen LogP contribution is 2.23. The number of nitrogens with one attached hydrogen (secondary N) is 2. The molecule has 0 fully saturated rings. The van der Waals surface area contributed by atoms with E-state index in [1.54, 1.807) is 13.0 Å². The maximum Gasteiger partial charge on any atom is 0.264 e. The maximum atomic E-state index is 13.2. The number of carbonyl (C=O) groups is 1. The highest BCUT2D eigenvalue weighted by molar-refractivity contribution is 7.92. The largest absolute Gasteiger partial charge is 0.322 e. The minimum Gasteiger partial charge on any atom is -0.322 e. The molecule has 0 saturated carbocycles. The molecule has 202 valence electrons. The van der Waals surface area contributed by atoms with E-state index in [1.807, 2.05) is 0 Å². The quantitative estimate of drug-likeness (QED) is 0.311. The lowest BCUT2D eigenvalue weighted by atomic mass is 10.1. The Bertz CT molecular complexity index is 1700. The van der Waals surface area contributed by atoms with Gasteiger partial charge in [0.2, 0.25) is 16.0 Å². The molecule has 0 aliphatic carbocycles. The van der Waals surface area contributed by atoms with Gasteiger partial charge < -0.3 is 5.32 Å². The number of anilines is 3. The molecule has 0 unspecified atom stereocenters.